The summed E-state index contributed by atoms with van der Waals surface area (Å²) in [5, 5.41) is 0. The number of halogens is 1. The summed E-state index contributed by atoms with van der Waals surface area (Å²) in [7, 11) is -3.68. The second-order valence-electron chi connectivity index (χ2n) is 7.92. The maximum absolute atomic E-state index is 13.4. The lowest BCUT2D eigenvalue weighted by molar-refractivity contribution is 0.118. The van der Waals surface area contributed by atoms with E-state index in [-0.39, 0.29) is 11.5 Å². The van der Waals surface area contributed by atoms with Gasteiger partial charge in [0.2, 0.25) is 0 Å². The summed E-state index contributed by atoms with van der Waals surface area (Å²) in [4.78, 5) is 0.302. The quantitative estimate of drug-likeness (QED) is 0.633. The minimum atomic E-state index is -3.68. The highest BCUT2D eigenvalue weighted by Gasteiger charge is 2.29. The van der Waals surface area contributed by atoms with Gasteiger partial charge in [-0.2, -0.15) is 0 Å². The molecule has 1 fully saturated rings. The molecular formula is C21H26BrNO3S. The zero-order valence-electron chi connectivity index (χ0n) is 16.0. The standard InChI is InChI=1S/C21H26BrNO3S/c1-21(2,3)16-6-12-20(13-7-16)27(24,25)23(15-19-5-4-14-26-19)18-10-8-17(22)9-11-18/h6-13,19H,4-5,14-15H2,1-3H3. The number of sulfonamides is 1. The minimum absolute atomic E-state index is 0.0224. The molecule has 0 saturated carbocycles. The summed E-state index contributed by atoms with van der Waals surface area (Å²) in [5.74, 6) is 0. The van der Waals surface area contributed by atoms with E-state index >= 15 is 0 Å². The number of nitrogens with zero attached hydrogens (tertiary/aromatic N) is 1. The lowest BCUT2D eigenvalue weighted by Crippen LogP contribution is -2.37. The summed E-state index contributed by atoms with van der Waals surface area (Å²) < 4.78 is 34.9. The van der Waals surface area contributed by atoms with Gasteiger partial charge in [0.15, 0.2) is 0 Å². The molecule has 2 aromatic carbocycles. The molecule has 0 bridgehead atoms. The molecule has 1 saturated heterocycles. The van der Waals surface area contributed by atoms with Crippen LogP contribution < -0.4 is 4.31 Å². The minimum Gasteiger partial charge on any atom is -0.376 e. The number of hydrogen-bond donors (Lipinski definition) is 0. The third-order valence-corrected chi connectivity index (χ3v) is 7.15. The van der Waals surface area contributed by atoms with Crippen LogP contribution in [0.5, 0.6) is 0 Å². The van der Waals surface area contributed by atoms with E-state index in [1.165, 1.54) is 4.31 Å². The third-order valence-electron chi connectivity index (χ3n) is 4.82. The highest BCUT2D eigenvalue weighted by molar-refractivity contribution is 9.10. The van der Waals surface area contributed by atoms with Crippen LogP contribution in [0.25, 0.3) is 0 Å². The van der Waals surface area contributed by atoms with Crippen LogP contribution in [0.3, 0.4) is 0 Å². The predicted octanol–water partition coefficient (Wildman–Crippen LogP) is 5.12. The normalized spacial score (nSPS) is 17.9. The molecule has 146 valence electrons. The molecule has 2 aromatic rings. The second-order valence-corrected chi connectivity index (χ2v) is 10.7. The average molecular weight is 452 g/mol. The van der Waals surface area contributed by atoms with Crippen LogP contribution in [0.2, 0.25) is 0 Å². The van der Waals surface area contributed by atoms with Gasteiger partial charge < -0.3 is 4.74 Å². The smallest absolute Gasteiger partial charge is 0.264 e. The van der Waals surface area contributed by atoms with Crippen LogP contribution in [0.4, 0.5) is 5.69 Å². The molecule has 0 aliphatic carbocycles. The molecule has 0 spiro atoms. The number of hydrogen-bond acceptors (Lipinski definition) is 3. The molecule has 4 nitrogen and oxygen atoms in total. The van der Waals surface area contributed by atoms with Crippen molar-refractivity contribution in [1.29, 1.82) is 0 Å². The lowest BCUT2D eigenvalue weighted by Gasteiger charge is -2.27. The molecule has 1 aliphatic heterocycles. The maximum Gasteiger partial charge on any atom is 0.264 e. The second kappa shape index (κ2) is 7.94. The largest absolute Gasteiger partial charge is 0.376 e. The van der Waals surface area contributed by atoms with Gasteiger partial charge >= 0.3 is 0 Å². The van der Waals surface area contributed by atoms with Gasteiger partial charge in [-0.1, -0.05) is 48.8 Å². The Hall–Kier alpha value is -1.37. The van der Waals surface area contributed by atoms with Gasteiger partial charge in [0.25, 0.3) is 10.0 Å². The number of anilines is 1. The summed E-state index contributed by atoms with van der Waals surface area (Å²) in [6.07, 6.45) is 1.78. The van der Waals surface area contributed by atoms with Crippen molar-refractivity contribution in [2.75, 3.05) is 17.5 Å². The van der Waals surface area contributed by atoms with Gasteiger partial charge in [-0.3, -0.25) is 4.31 Å². The molecule has 0 aromatic heterocycles. The van der Waals surface area contributed by atoms with Crippen LogP contribution in [0.15, 0.2) is 57.9 Å². The first-order chi connectivity index (χ1) is 12.7. The fraction of sp³-hybridized carbons (Fsp3) is 0.429. The molecule has 1 unspecified atom stereocenters. The fourth-order valence-corrected chi connectivity index (χ4v) is 4.94. The zero-order chi connectivity index (χ0) is 19.7. The SMILES string of the molecule is CC(C)(C)c1ccc(S(=O)(=O)N(CC2CCCO2)c2ccc(Br)cc2)cc1. The van der Waals surface area contributed by atoms with Crippen molar-refractivity contribution < 1.29 is 13.2 Å². The Balaban J connectivity index is 1.97. The predicted molar refractivity (Wildman–Crippen MR) is 113 cm³/mol. The first kappa shape index (κ1) is 20.4. The summed E-state index contributed by atoms with van der Waals surface area (Å²) in [6, 6.07) is 14.6. The van der Waals surface area contributed by atoms with E-state index in [2.05, 4.69) is 36.7 Å². The van der Waals surface area contributed by atoms with Crippen LogP contribution in [-0.4, -0.2) is 27.7 Å². The van der Waals surface area contributed by atoms with Crippen molar-refractivity contribution in [3.63, 3.8) is 0 Å². The van der Waals surface area contributed by atoms with Gasteiger partial charge in [0.05, 0.1) is 23.2 Å². The van der Waals surface area contributed by atoms with E-state index in [0.717, 1.165) is 22.9 Å². The molecule has 27 heavy (non-hydrogen) atoms. The van der Waals surface area contributed by atoms with Crippen LogP contribution in [-0.2, 0) is 20.2 Å². The van der Waals surface area contributed by atoms with Crippen molar-refractivity contribution in [1.82, 2.24) is 0 Å². The third kappa shape index (κ3) is 4.73. The lowest BCUT2D eigenvalue weighted by atomic mass is 9.87. The molecule has 6 heteroatoms. The van der Waals surface area contributed by atoms with E-state index in [1.807, 2.05) is 36.4 Å². The van der Waals surface area contributed by atoms with Gasteiger partial charge in [0.1, 0.15) is 0 Å². The van der Waals surface area contributed by atoms with Crippen molar-refractivity contribution in [2.45, 2.75) is 50.0 Å². The van der Waals surface area contributed by atoms with Crippen LogP contribution in [0, 0.1) is 0 Å². The van der Waals surface area contributed by atoms with Gasteiger partial charge in [-0.15, -0.1) is 0 Å². The highest BCUT2D eigenvalue weighted by Crippen LogP contribution is 2.29. The Kier molecular flexibility index (Phi) is 5.99. The van der Waals surface area contributed by atoms with Crippen molar-refractivity contribution in [2.24, 2.45) is 0 Å². The number of rotatable bonds is 5. The van der Waals surface area contributed by atoms with Crippen molar-refractivity contribution >= 4 is 31.6 Å². The summed E-state index contributed by atoms with van der Waals surface area (Å²) >= 11 is 3.41. The molecular weight excluding hydrogens is 426 g/mol. The molecule has 0 radical (unpaired) electrons. The number of ether oxygens (including phenoxy) is 1. The summed E-state index contributed by atoms with van der Waals surface area (Å²) in [5.41, 5.74) is 1.73. The Labute approximate surface area is 170 Å². The van der Waals surface area contributed by atoms with Crippen molar-refractivity contribution in [3.05, 3.63) is 58.6 Å². The molecule has 1 aliphatic rings. The fourth-order valence-electron chi connectivity index (χ4n) is 3.18. The Morgan fingerprint density at radius 1 is 1.07 bits per heavy atom. The van der Waals surface area contributed by atoms with E-state index < -0.39 is 10.0 Å². The van der Waals surface area contributed by atoms with Crippen molar-refractivity contribution in [3.8, 4) is 0 Å². The van der Waals surface area contributed by atoms with E-state index in [1.54, 1.807) is 12.1 Å². The molecule has 0 N–H and O–H groups in total. The summed E-state index contributed by atoms with van der Waals surface area (Å²) in [6.45, 7) is 7.36. The first-order valence-corrected chi connectivity index (χ1v) is 11.4. The zero-order valence-corrected chi connectivity index (χ0v) is 18.4. The molecule has 1 heterocycles. The first-order valence-electron chi connectivity index (χ1n) is 9.18. The van der Waals surface area contributed by atoms with E-state index in [0.29, 0.717) is 23.7 Å². The van der Waals surface area contributed by atoms with E-state index in [4.69, 9.17) is 4.74 Å². The monoisotopic (exact) mass is 451 g/mol. The van der Waals surface area contributed by atoms with Gasteiger partial charge in [0, 0.05) is 11.1 Å². The Bertz CT molecular complexity index is 865. The highest BCUT2D eigenvalue weighted by atomic mass is 79.9. The number of benzene rings is 2. The Morgan fingerprint density at radius 2 is 1.70 bits per heavy atom. The van der Waals surface area contributed by atoms with E-state index in [9.17, 15) is 8.42 Å². The van der Waals surface area contributed by atoms with Crippen LogP contribution >= 0.6 is 15.9 Å². The maximum atomic E-state index is 13.4. The molecule has 3 rings (SSSR count). The molecule has 1 atom stereocenters. The molecule has 0 amide bonds. The van der Waals surface area contributed by atoms with Gasteiger partial charge in [-0.25, -0.2) is 8.42 Å². The average Bonchev–Trinajstić information content (AvgIpc) is 3.13. The van der Waals surface area contributed by atoms with Crippen LogP contribution in [0.1, 0.15) is 39.2 Å². The topological polar surface area (TPSA) is 46.6 Å². The van der Waals surface area contributed by atoms with Gasteiger partial charge in [-0.05, 0) is 60.2 Å². The Morgan fingerprint density at radius 3 is 2.22 bits per heavy atom.